The van der Waals surface area contributed by atoms with Gasteiger partial charge in [0.2, 0.25) is 5.95 Å². The third kappa shape index (κ3) is 4.71. The molecule has 2 aliphatic heterocycles. The zero-order chi connectivity index (χ0) is 22.9. The Morgan fingerprint density at radius 3 is 2.75 bits per heavy atom. The van der Waals surface area contributed by atoms with E-state index in [1.165, 1.54) is 17.0 Å². The highest BCUT2D eigenvalue weighted by atomic mass is 35.5. The Balaban J connectivity index is 1.44. The highest BCUT2D eigenvalue weighted by molar-refractivity contribution is 7.12. The van der Waals surface area contributed by atoms with Crippen LogP contribution < -0.4 is 15.9 Å². The minimum Gasteiger partial charge on any atom is -0.365 e. The van der Waals surface area contributed by atoms with E-state index >= 15 is 0 Å². The number of nitrogens with zero attached hydrogens (tertiary/aromatic N) is 5. The van der Waals surface area contributed by atoms with Crippen LogP contribution in [0.2, 0.25) is 0 Å². The minimum absolute atomic E-state index is 0.0263. The number of rotatable bonds is 4. The van der Waals surface area contributed by atoms with E-state index in [9.17, 15) is 18.0 Å². The number of alkyl halides is 4. The molecule has 0 amide bonds. The fourth-order valence-electron chi connectivity index (χ4n) is 3.30. The highest BCUT2D eigenvalue weighted by Gasteiger charge is 2.32. The number of dihydropyridines is 1. The first kappa shape index (κ1) is 22.1. The lowest BCUT2D eigenvalue weighted by molar-refractivity contribution is -0.134. The van der Waals surface area contributed by atoms with E-state index in [-0.39, 0.29) is 12.5 Å². The quantitative estimate of drug-likeness (QED) is 0.533. The fraction of sp³-hybridized carbons (Fsp3) is 0.300. The molecule has 1 N–H and O–H groups in total. The second kappa shape index (κ2) is 8.80. The van der Waals surface area contributed by atoms with Crippen molar-refractivity contribution in [2.75, 3.05) is 18.0 Å². The first-order valence-corrected chi connectivity index (χ1v) is 10.8. The average molecular weight is 481 g/mol. The van der Waals surface area contributed by atoms with E-state index in [2.05, 4.69) is 15.3 Å². The molecule has 0 aliphatic carbocycles. The monoisotopic (exact) mass is 480 g/mol. The fourth-order valence-corrected chi connectivity index (χ4v) is 4.42. The molecular weight excluding hydrogens is 465 g/mol. The van der Waals surface area contributed by atoms with Crippen molar-refractivity contribution in [3.8, 4) is 6.07 Å². The van der Waals surface area contributed by atoms with Crippen molar-refractivity contribution in [1.82, 2.24) is 19.9 Å². The molecular formula is C20H16ClF3N6OS. The first-order valence-electron chi connectivity index (χ1n) is 9.51. The van der Waals surface area contributed by atoms with Crippen LogP contribution in [-0.2, 0) is 12.7 Å². The molecule has 4 rings (SSSR count). The molecule has 12 heteroatoms. The van der Waals surface area contributed by atoms with Crippen LogP contribution in [0.1, 0.15) is 16.2 Å². The summed E-state index contributed by atoms with van der Waals surface area (Å²) in [5.74, 6) is 0.260. The Hall–Kier alpha value is -3.10. The summed E-state index contributed by atoms with van der Waals surface area (Å²) in [6, 6.07) is 4.38. The van der Waals surface area contributed by atoms with E-state index in [1.807, 2.05) is 23.1 Å². The van der Waals surface area contributed by atoms with Crippen molar-refractivity contribution in [2.24, 2.45) is 0 Å². The SMILES string of the molecule is N#CC1=CC=C(C2=CCN(c3ncn(Cc4ccc(C(F)(F)F)s4)c(=O)n3)CC2)NC1Cl. The van der Waals surface area contributed by atoms with Crippen molar-refractivity contribution < 1.29 is 13.2 Å². The van der Waals surface area contributed by atoms with Gasteiger partial charge in [-0.15, -0.1) is 11.3 Å². The van der Waals surface area contributed by atoms with Crippen LogP contribution in [0, 0.1) is 11.3 Å². The number of hydrogen-bond acceptors (Lipinski definition) is 7. The lowest BCUT2D eigenvalue weighted by Crippen LogP contribution is -2.36. The van der Waals surface area contributed by atoms with Crippen molar-refractivity contribution in [2.45, 2.75) is 24.6 Å². The van der Waals surface area contributed by atoms with E-state index in [0.717, 1.165) is 17.3 Å². The zero-order valence-electron chi connectivity index (χ0n) is 16.4. The molecule has 4 heterocycles. The van der Waals surface area contributed by atoms with Gasteiger partial charge in [-0.05, 0) is 36.3 Å². The molecule has 2 aromatic heterocycles. The van der Waals surface area contributed by atoms with Crippen LogP contribution in [0.4, 0.5) is 19.1 Å². The lowest BCUT2D eigenvalue weighted by Gasteiger charge is -2.29. The zero-order valence-corrected chi connectivity index (χ0v) is 18.0. The molecule has 1 unspecified atom stereocenters. The van der Waals surface area contributed by atoms with Crippen molar-refractivity contribution in [1.29, 1.82) is 5.26 Å². The second-order valence-electron chi connectivity index (χ2n) is 7.08. The van der Waals surface area contributed by atoms with Crippen molar-refractivity contribution in [3.63, 3.8) is 0 Å². The maximum absolute atomic E-state index is 12.8. The lowest BCUT2D eigenvalue weighted by atomic mass is 10.0. The van der Waals surface area contributed by atoms with Gasteiger partial charge in [0.05, 0.1) is 18.2 Å². The third-order valence-corrected chi connectivity index (χ3v) is 6.43. The van der Waals surface area contributed by atoms with Crippen LogP contribution >= 0.6 is 22.9 Å². The molecule has 2 aliphatic rings. The molecule has 32 heavy (non-hydrogen) atoms. The number of aromatic nitrogens is 3. The van der Waals surface area contributed by atoms with Crippen LogP contribution in [0.15, 0.2) is 58.3 Å². The normalized spacial score (nSPS) is 18.9. The van der Waals surface area contributed by atoms with Crippen molar-refractivity contribution in [3.05, 3.63) is 73.8 Å². The molecule has 7 nitrogen and oxygen atoms in total. The van der Waals surface area contributed by atoms with Crippen LogP contribution in [0.5, 0.6) is 0 Å². The summed E-state index contributed by atoms with van der Waals surface area (Å²) in [6.45, 7) is 1.01. The number of halogens is 4. The molecule has 1 atom stereocenters. The van der Waals surface area contributed by atoms with Crippen molar-refractivity contribution >= 4 is 28.9 Å². The summed E-state index contributed by atoms with van der Waals surface area (Å²) in [5.41, 5.74) is 1.16. The van der Waals surface area contributed by atoms with Gasteiger partial charge in [-0.25, -0.2) is 9.78 Å². The Morgan fingerprint density at radius 2 is 2.16 bits per heavy atom. The average Bonchev–Trinajstić information content (AvgIpc) is 3.24. The predicted molar refractivity (Wildman–Crippen MR) is 114 cm³/mol. The molecule has 0 spiro atoms. The standard InChI is InChI=1S/C20H16ClF3N6OS/c21-17-13(9-25)1-3-15(27-17)12-5-7-29(8-6-12)18-26-11-30(19(31)28-18)10-14-2-4-16(32-14)20(22,23)24/h1-5,11,17,27H,6-8,10H2. The van der Waals surface area contributed by atoms with Gasteiger partial charge in [-0.1, -0.05) is 17.7 Å². The summed E-state index contributed by atoms with van der Waals surface area (Å²) in [4.78, 5) is 22.1. The Kier molecular flexibility index (Phi) is 6.08. The van der Waals surface area contributed by atoms with Gasteiger partial charge in [0.25, 0.3) is 0 Å². The molecule has 0 radical (unpaired) electrons. The summed E-state index contributed by atoms with van der Waals surface area (Å²) in [5, 5.41) is 12.1. The predicted octanol–water partition coefficient (Wildman–Crippen LogP) is 3.41. The number of thiophene rings is 1. The maximum atomic E-state index is 12.8. The van der Waals surface area contributed by atoms with Gasteiger partial charge >= 0.3 is 11.9 Å². The number of allylic oxidation sites excluding steroid dienone is 3. The van der Waals surface area contributed by atoms with Gasteiger partial charge in [-0.2, -0.15) is 23.4 Å². The minimum atomic E-state index is -4.41. The van der Waals surface area contributed by atoms with Crippen LogP contribution in [0.3, 0.4) is 0 Å². The third-order valence-electron chi connectivity index (χ3n) is 4.97. The number of nitriles is 1. The molecule has 2 aromatic rings. The van der Waals surface area contributed by atoms with Gasteiger partial charge in [0, 0.05) is 23.7 Å². The van der Waals surface area contributed by atoms with E-state index in [4.69, 9.17) is 16.9 Å². The summed E-state index contributed by atoms with van der Waals surface area (Å²) in [7, 11) is 0. The summed E-state index contributed by atoms with van der Waals surface area (Å²) in [6.07, 6.45) is 3.01. The molecule has 0 aromatic carbocycles. The van der Waals surface area contributed by atoms with E-state index < -0.39 is 22.2 Å². The number of anilines is 1. The Morgan fingerprint density at radius 1 is 1.34 bits per heavy atom. The Labute approximate surface area is 189 Å². The topological polar surface area (TPSA) is 86.8 Å². The van der Waals surface area contributed by atoms with E-state index in [0.29, 0.717) is 41.3 Å². The summed E-state index contributed by atoms with van der Waals surface area (Å²) < 4.78 is 39.4. The van der Waals surface area contributed by atoms with Crippen LogP contribution in [-0.4, -0.2) is 33.1 Å². The molecule has 0 saturated heterocycles. The highest BCUT2D eigenvalue weighted by Crippen LogP contribution is 2.34. The summed E-state index contributed by atoms with van der Waals surface area (Å²) >= 11 is 6.73. The molecule has 166 valence electrons. The molecule has 0 fully saturated rings. The molecule has 0 saturated carbocycles. The Bertz CT molecular complexity index is 1220. The van der Waals surface area contributed by atoms with Gasteiger partial charge in [0.15, 0.2) is 0 Å². The van der Waals surface area contributed by atoms with Crippen LogP contribution in [0.25, 0.3) is 0 Å². The second-order valence-corrected chi connectivity index (χ2v) is 8.68. The number of hydrogen-bond donors (Lipinski definition) is 1. The van der Waals surface area contributed by atoms with Gasteiger partial charge in [0.1, 0.15) is 16.7 Å². The molecule has 0 bridgehead atoms. The maximum Gasteiger partial charge on any atom is 0.425 e. The first-order chi connectivity index (χ1) is 15.2. The van der Waals surface area contributed by atoms with E-state index in [1.54, 1.807) is 6.08 Å². The number of nitrogens with one attached hydrogen (secondary N) is 1. The largest absolute Gasteiger partial charge is 0.425 e. The smallest absolute Gasteiger partial charge is 0.365 e. The van der Waals surface area contributed by atoms with Gasteiger partial charge < -0.3 is 10.2 Å². The van der Waals surface area contributed by atoms with Gasteiger partial charge in [-0.3, -0.25) is 4.57 Å².